The summed E-state index contributed by atoms with van der Waals surface area (Å²) < 4.78 is 6.99. The van der Waals surface area contributed by atoms with E-state index in [1.165, 1.54) is 12.1 Å². The van der Waals surface area contributed by atoms with E-state index in [0.29, 0.717) is 23.0 Å². The molecule has 0 spiro atoms. The summed E-state index contributed by atoms with van der Waals surface area (Å²) in [5.74, 6) is 0.792. The van der Waals surface area contributed by atoms with Gasteiger partial charge >= 0.3 is 0 Å². The molecule has 3 rings (SSSR count). The van der Waals surface area contributed by atoms with Gasteiger partial charge in [-0.05, 0) is 36.0 Å². The molecule has 2 N–H and O–H groups in total. The number of hydrogen-bond donors (Lipinski definition) is 2. The van der Waals surface area contributed by atoms with Crippen LogP contribution in [-0.2, 0) is 6.54 Å². The summed E-state index contributed by atoms with van der Waals surface area (Å²) >= 11 is 5.25. The van der Waals surface area contributed by atoms with E-state index in [2.05, 4.69) is 15.7 Å². The van der Waals surface area contributed by atoms with Crippen LogP contribution in [0.5, 0.6) is 5.75 Å². The molecule has 9 heteroatoms. The highest BCUT2D eigenvalue weighted by Gasteiger charge is 2.07. The maximum atomic E-state index is 10.8. The average molecular weight is 383 g/mol. The predicted octanol–water partition coefficient (Wildman–Crippen LogP) is 3.66. The van der Waals surface area contributed by atoms with Gasteiger partial charge in [0.15, 0.2) is 5.11 Å². The van der Waals surface area contributed by atoms with E-state index in [9.17, 15) is 10.1 Å². The van der Waals surface area contributed by atoms with Crippen molar-refractivity contribution in [2.75, 3.05) is 17.7 Å². The summed E-state index contributed by atoms with van der Waals surface area (Å²) in [5, 5.41) is 21.4. The number of nitro groups is 1. The predicted molar refractivity (Wildman–Crippen MR) is 107 cm³/mol. The number of ether oxygens (including phenoxy) is 1. The summed E-state index contributed by atoms with van der Waals surface area (Å²) in [6, 6.07) is 13.9. The van der Waals surface area contributed by atoms with Crippen molar-refractivity contribution in [3.05, 3.63) is 76.6 Å². The molecule has 1 heterocycles. The monoisotopic (exact) mass is 383 g/mol. The van der Waals surface area contributed by atoms with Crippen molar-refractivity contribution in [3.63, 3.8) is 0 Å². The number of nitro benzene ring substituents is 1. The van der Waals surface area contributed by atoms with Crippen molar-refractivity contribution in [1.29, 1.82) is 0 Å². The number of methoxy groups -OCH3 is 1. The molecule has 0 bridgehead atoms. The number of hydrogen-bond acceptors (Lipinski definition) is 5. The van der Waals surface area contributed by atoms with Crippen LogP contribution in [0.4, 0.5) is 17.1 Å². The van der Waals surface area contributed by atoms with Gasteiger partial charge in [0, 0.05) is 24.0 Å². The number of nitrogens with zero attached hydrogens (tertiary/aromatic N) is 3. The van der Waals surface area contributed by atoms with Crippen molar-refractivity contribution in [1.82, 2.24) is 9.78 Å². The Labute approximate surface area is 160 Å². The Balaban J connectivity index is 1.60. The molecule has 0 amide bonds. The van der Waals surface area contributed by atoms with E-state index in [1.807, 2.05) is 30.5 Å². The van der Waals surface area contributed by atoms with Crippen LogP contribution >= 0.6 is 12.2 Å². The van der Waals surface area contributed by atoms with Gasteiger partial charge in [-0.2, -0.15) is 5.10 Å². The number of benzene rings is 2. The highest BCUT2D eigenvalue weighted by Crippen LogP contribution is 2.18. The van der Waals surface area contributed by atoms with E-state index in [0.717, 1.165) is 11.3 Å². The standard InChI is InChI=1S/C18H17N5O3S/c1-26-17-7-2-4-13(8-17)11-22-12-15(10-19-22)21-18(27)20-14-5-3-6-16(9-14)23(24)25/h2-10,12H,11H2,1H3,(H2,20,21,27). The molecule has 0 radical (unpaired) electrons. The number of non-ortho nitro benzene ring substituents is 1. The lowest BCUT2D eigenvalue weighted by molar-refractivity contribution is -0.384. The SMILES string of the molecule is COc1cccc(Cn2cc(NC(=S)Nc3cccc([N+](=O)[O-])c3)cn2)c1. The van der Waals surface area contributed by atoms with Gasteiger partial charge in [-0.3, -0.25) is 14.8 Å². The van der Waals surface area contributed by atoms with Gasteiger partial charge in [-0.25, -0.2) is 0 Å². The summed E-state index contributed by atoms with van der Waals surface area (Å²) in [4.78, 5) is 10.4. The van der Waals surface area contributed by atoms with Gasteiger partial charge in [0.05, 0.1) is 30.5 Å². The number of anilines is 2. The first-order chi connectivity index (χ1) is 13.0. The fourth-order valence-electron chi connectivity index (χ4n) is 2.46. The number of nitrogens with one attached hydrogen (secondary N) is 2. The maximum Gasteiger partial charge on any atom is 0.271 e. The Morgan fingerprint density at radius 3 is 2.78 bits per heavy atom. The van der Waals surface area contributed by atoms with Crippen LogP contribution in [-0.4, -0.2) is 26.9 Å². The maximum absolute atomic E-state index is 10.8. The van der Waals surface area contributed by atoms with Crippen LogP contribution in [0, 0.1) is 10.1 Å². The van der Waals surface area contributed by atoms with Crippen molar-refractivity contribution < 1.29 is 9.66 Å². The van der Waals surface area contributed by atoms with Gasteiger partial charge in [0.1, 0.15) is 5.75 Å². The molecule has 27 heavy (non-hydrogen) atoms. The van der Waals surface area contributed by atoms with Gasteiger partial charge in [-0.15, -0.1) is 0 Å². The summed E-state index contributed by atoms with van der Waals surface area (Å²) in [6.45, 7) is 0.587. The molecule has 0 saturated heterocycles. The third-order valence-corrected chi connectivity index (χ3v) is 3.89. The van der Waals surface area contributed by atoms with E-state index in [4.69, 9.17) is 17.0 Å². The van der Waals surface area contributed by atoms with Crippen LogP contribution < -0.4 is 15.4 Å². The Morgan fingerprint density at radius 1 is 1.22 bits per heavy atom. The van der Waals surface area contributed by atoms with Crippen molar-refractivity contribution in [2.24, 2.45) is 0 Å². The van der Waals surface area contributed by atoms with Crippen molar-refractivity contribution in [2.45, 2.75) is 6.54 Å². The third kappa shape index (κ3) is 5.02. The van der Waals surface area contributed by atoms with Crippen LogP contribution in [0.1, 0.15) is 5.56 Å². The Morgan fingerprint density at radius 2 is 2.00 bits per heavy atom. The Bertz CT molecular complexity index is 973. The minimum atomic E-state index is -0.454. The minimum Gasteiger partial charge on any atom is -0.497 e. The lowest BCUT2D eigenvalue weighted by Gasteiger charge is -2.08. The second-order valence-electron chi connectivity index (χ2n) is 5.66. The molecule has 0 aliphatic heterocycles. The van der Waals surface area contributed by atoms with E-state index >= 15 is 0 Å². The van der Waals surface area contributed by atoms with E-state index in [-0.39, 0.29) is 5.69 Å². The van der Waals surface area contributed by atoms with E-state index < -0.39 is 4.92 Å². The third-order valence-electron chi connectivity index (χ3n) is 3.68. The average Bonchev–Trinajstić information content (AvgIpc) is 3.08. The number of aromatic nitrogens is 2. The van der Waals surface area contributed by atoms with Gasteiger partial charge in [-0.1, -0.05) is 18.2 Å². The first kappa shape index (κ1) is 18.3. The van der Waals surface area contributed by atoms with Gasteiger partial charge in [0.2, 0.25) is 0 Å². The smallest absolute Gasteiger partial charge is 0.271 e. The summed E-state index contributed by atoms with van der Waals surface area (Å²) in [5.41, 5.74) is 2.29. The normalized spacial score (nSPS) is 10.3. The molecular formula is C18H17N5O3S. The van der Waals surface area contributed by atoms with Crippen molar-refractivity contribution in [3.8, 4) is 5.75 Å². The molecule has 0 fully saturated rings. The molecule has 8 nitrogen and oxygen atoms in total. The molecule has 0 atom stereocenters. The highest BCUT2D eigenvalue weighted by molar-refractivity contribution is 7.80. The lowest BCUT2D eigenvalue weighted by atomic mass is 10.2. The lowest BCUT2D eigenvalue weighted by Crippen LogP contribution is -2.18. The molecule has 2 aromatic carbocycles. The zero-order valence-electron chi connectivity index (χ0n) is 14.5. The molecule has 0 aliphatic carbocycles. The van der Waals surface area contributed by atoms with Crippen molar-refractivity contribution >= 4 is 34.4 Å². The zero-order chi connectivity index (χ0) is 19.2. The molecule has 0 aliphatic rings. The zero-order valence-corrected chi connectivity index (χ0v) is 15.3. The quantitative estimate of drug-likeness (QED) is 0.381. The second kappa shape index (κ2) is 8.28. The molecule has 138 valence electrons. The van der Waals surface area contributed by atoms with Gasteiger partial charge < -0.3 is 15.4 Å². The fourth-order valence-corrected chi connectivity index (χ4v) is 2.70. The summed E-state index contributed by atoms with van der Waals surface area (Å²) in [7, 11) is 1.63. The molecule has 1 aromatic heterocycles. The highest BCUT2D eigenvalue weighted by atomic mass is 32.1. The number of rotatable bonds is 6. The van der Waals surface area contributed by atoms with Crippen LogP contribution in [0.3, 0.4) is 0 Å². The largest absolute Gasteiger partial charge is 0.497 e. The van der Waals surface area contributed by atoms with Crippen LogP contribution in [0.15, 0.2) is 60.9 Å². The fraction of sp³-hybridized carbons (Fsp3) is 0.111. The first-order valence-electron chi connectivity index (χ1n) is 8.01. The Kier molecular flexibility index (Phi) is 5.62. The molecule has 0 unspecified atom stereocenters. The minimum absolute atomic E-state index is 0.00564. The van der Waals surface area contributed by atoms with E-state index in [1.54, 1.807) is 30.1 Å². The van der Waals surface area contributed by atoms with Crippen LogP contribution in [0.2, 0.25) is 0 Å². The topological polar surface area (TPSA) is 94.2 Å². The second-order valence-corrected chi connectivity index (χ2v) is 6.07. The van der Waals surface area contributed by atoms with Crippen LogP contribution in [0.25, 0.3) is 0 Å². The summed E-state index contributed by atoms with van der Waals surface area (Å²) in [6.07, 6.45) is 3.47. The van der Waals surface area contributed by atoms with Gasteiger partial charge in [0.25, 0.3) is 5.69 Å². The molecule has 3 aromatic rings. The Hall–Kier alpha value is -3.46. The first-order valence-corrected chi connectivity index (χ1v) is 8.42. The number of thiocarbonyl (C=S) groups is 1. The molecule has 0 saturated carbocycles. The molecular weight excluding hydrogens is 366 g/mol.